The predicted molar refractivity (Wildman–Crippen MR) is 51.9 cm³/mol. The number of pyridine rings is 1. The number of aldehydes is 1. The van der Waals surface area contributed by atoms with Gasteiger partial charge in [-0.25, -0.2) is 0 Å². The minimum atomic E-state index is 0.707. The van der Waals surface area contributed by atoms with E-state index in [1.807, 2.05) is 31.3 Å². The standard InChI is InChI=1S/C11H9NO/c1-8-4-11-5-9(7-13)2-3-10(11)6-12-8/h2-7H,1H3. The van der Waals surface area contributed by atoms with Gasteiger partial charge >= 0.3 is 0 Å². The third-order valence-electron chi connectivity index (χ3n) is 2.02. The molecule has 0 N–H and O–H groups in total. The Morgan fingerprint density at radius 1 is 1.23 bits per heavy atom. The predicted octanol–water partition coefficient (Wildman–Crippen LogP) is 2.36. The molecule has 13 heavy (non-hydrogen) atoms. The van der Waals surface area contributed by atoms with E-state index in [0.29, 0.717) is 5.56 Å². The lowest BCUT2D eigenvalue weighted by molar-refractivity contribution is 0.112. The van der Waals surface area contributed by atoms with Gasteiger partial charge in [0.05, 0.1) is 0 Å². The summed E-state index contributed by atoms with van der Waals surface area (Å²) < 4.78 is 0. The number of hydrogen-bond acceptors (Lipinski definition) is 2. The van der Waals surface area contributed by atoms with Crippen LogP contribution in [0.2, 0.25) is 0 Å². The van der Waals surface area contributed by atoms with Crippen molar-refractivity contribution in [2.24, 2.45) is 0 Å². The van der Waals surface area contributed by atoms with Gasteiger partial charge in [0.2, 0.25) is 0 Å². The minimum absolute atomic E-state index is 0.707. The zero-order chi connectivity index (χ0) is 9.26. The maximum atomic E-state index is 10.5. The van der Waals surface area contributed by atoms with Gasteiger partial charge in [0, 0.05) is 22.8 Å². The van der Waals surface area contributed by atoms with Crippen LogP contribution in [0.4, 0.5) is 0 Å². The lowest BCUT2D eigenvalue weighted by atomic mass is 10.1. The zero-order valence-electron chi connectivity index (χ0n) is 7.32. The second-order valence-corrected chi connectivity index (χ2v) is 3.05. The summed E-state index contributed by atoms with van der Waals surface area (Å²) in [7, 11) is 0. The molecule has 0 radical (unpaired) electrons. The van der Waals surface area contributed by atoms with E-state index in [0.717, 1.165) is 22.8 Å². The van der Waals surface area contributed by atoms with Gasteiger partial charge in [-0.3, -0.25) is 9.78 Å². The van der Waals surface area contributed by atoms with Gasteiger partial charge in [-0.1, -0.05) is 12.1 Å². The molecule has 2 aromatic rings. The van der Waals surface area contributed by atoms with Crippen molar-refractivity contribution in [3.8, 4) is 0 Å². The normalized spacial score (nSPS) is 10.2. The maximum Gasteiger partial charge on any atom is 0.150 e. The molecule has 0 saturated carbocycles. The van der Waals surface area contributed by atoms with Gasteiger partial charge in [-0.2, -0.15) is 0 Å². The number of fused-ring (bicyclic) bond motifs is 1. The lowest BCUT2D eigenvalue weighted by Crippen LogP contribution is -1.83. The second kappa shape index (κ2) is 2.98. The molecule has 0 aliphatic carbocycles. The number of aromatic nitrogens is 1. The first-order chi connectivity index (χ1) is 6.29. The number of carbonyl (C=O) groups excluding carboxylic acids is 1. The smallest absolute Gasteiger partial charge is 0.150 e. The molecule has 0 fully saturated rings. The van der Waals surface area contributed by atoms with Crippen molar-refractivity contribution >= 4 is 17.1 Å². The number of hydrogen-bond donors (Lipinski definition) is 0. The van der Waals surface area contributed by atoms with E-state index in [1.54, 1.807) is 6.07 Å². The molecule has 2 rings (SSSR count). The van der Waals surface area contributed by atoms with Gasteiger partial charge in [0.15, 0.2) is 0 Å². The molecule has 0 amide bonds. The first-order valence-corrected chi connectivity index (χ1v) is 4.11. The summed E-state index contributed by atoms with van der Waals surface area (Å²) in [6.07, 6.45) is 2.68. The third-order valence-corrected chi connectivity index (χ3v) is 2.02. The Kier molecular flexibility index (Phi) is 1.81. The number of benzene rings is 1. The van der Waals surface area contributed by atoms with E-state index >= 15 is 0 Å². The average Bonchev–Trinajstić information content (AvgIpc) is 2.16. The Balaban J connectivity index is 2.74. The fraction of sp³-hybridized carbons (Fsp3) is 0.0909. The summed E-state index contributed by atoms with van der Waals surface area (Å²) in [5, 5.41) is 2.13. The highest BCUT2D eigenvalue weighted by atomic mass is 16.1. The Morgan fingerprint density at radius 3 is 2.85 bits per heavy atom. The molecule has 0 spiro atoms. The molecule has 0 unspecified atom stereocenters. The van der Waals surface area contributed by atoms with Crippen molar-refractivity contribution in [1.82, 2.24) is 4.98 Å². The van der Waals surface area contributed by atoms with Crippen LogP contribution in [-0.4, -0.2) is 11.3 Å². The molecule has 0 atom stereocenters. The maximum absolute atomic E-state index is 10.5. The Hall–Kier alpha value is -1.70. The number of carbonyl (C=O) groups is 1. The highest BCUT2D eigenvalue weighted by Gasteiger charge is 1.95. The summed E-state index contributed by atoms with van der Waals surface area (Å²) in [5.41, 5.74) is 1.67. The van der Waals surface area contributed by atoms with E-state index < -0.39 is 0 Å². The van der Waals surface area contributed by atoms with Crippen molar-refractivity contribution < 1.29 is 4.79 Å². The number of aryl methyl sites for hydroxylation is 1. The van der Waals surface area contributed by atoms with E-state index in [9.17, 15) is 4.79 Å². The zero-order valence-corrected chi connectivity index (χ0v) is 7.32. The minimum Gasteiger partial charge on any atom is -0.298 e. The Bertz CT molecular complexity index is 463. The Morgan fingerprint density at radius 2 is 2.08 bits per heavy atom. The van der Waals surface area contributed by atoms with Crippen LogP contribution in [-0.2, 0) is 0 Å². The van der Waals surface area contributed by atoms with Gasteiger partial charge in [-0.15, -0.1) is 0 Å². The Labute approximate surface area is 76.2 Å². The van der Waals surface area contributed by atoms with Crippen LogP contribution >= 0.6 is 0 Å². The highest BCUT2D eigenvalue weighted by Crippen LogP contribution is 2.14. The molecule has 0 aliphatic rings. The van der Waals surface area contributed by atoms with E-state index in [4.69, 9.17) is 0 Å². The molecular formula is C11H9NO. The van der Waals surface area contributed by atoms with Crippen molar-refractivity contribution in [2.45, 2.75) is 6.92 Å². The second-order valence-electron chi connectivity index (χ2n) is 3.05. The largest absolute Gasteiger partial charge is 0.298 e. The molecule has 1 aromatic carbocycles. The quantitative estimate of drug-likeness (QED) is 0.616. The van der Waals surface area contributed by atoms with Gasteiger partial charge in [0.25, 0.3) is 0 Å². The fourth-order valence-corrected chi connectivity index (χ4v) is 1.34. The molecule has 2 heteroatoms. The topological polar surface area (TPSA) is 30.0 Å². The van der Waals surface area contributed by atoms with Crippen LogP contribution in [0.25, 0.3) is 10.8 Å². The summed E-state index contributed by atoms with van der Waals surface area (Å²) in [5.74, 6) is 0. The molecule has 64 valence electrons. The number of nitrogens with zero attached hydrogens (tertiary/aromatic N) is 1. The van der Waals surface area contributed by atoms with Crippen molar-refractivity contribution in [1.29, 1.82) is 0 Å². The molecule has 1 heterocycles. The highest BCUT2D eigenvalue weighted by molar-refractivity contribution is 5.88. The molecule has 0 bridgehead atoms. The average molecular weight is 171 g/mol. The van der Waals surface area contributed by atoms with Crippen LogP contribution < -0.4 is 0 Å². The fourth-order valence-electron chi connectivity index (χ4n) is 1.34. The van der Waals surface area contributed by atoms with E-state index in [-0.39, 0.29) is 0 Å². The first kappa shape index (κ1) is 7.92. The summed E-state index contributed by atoms with van der Waals surface area (Å²) in [6, 6.07) is 7.55. The van der Waals surface area contributed by atoms with E-state index in [2.05, 4.69) is 4.98 Å². The summed E-state index contributed by atoms with van der Waals surface area (Å²) in [4.78, 5) is 14.7. The first-order valence-electron chi connectivity index (χ1n) is 4.11. The summed E-state index contributed by atoms with van der Waals surface area (Å²) in [6.45, 7) is 1.94. The van der Waals surface area contributed by atoms with E-state index in [1.165, 1.54) is 0 Å². The molecule has 1 aromatic heterocycles. The number of rotatable bonds is 1. The van der Waals surface area contributed by atoms with Crippen LogP contribution in [0.1, 0.15) is 16.1 Å². The van der Waals surface area contributed by atoms with Gasteiger partial charge < -0.3 is 0 Å². The molecule has 2 nitrogen and oxygen atoms in total. The lowest BCUT2D eigenvalue weighted by Gasteiger charge is -1.98. The van der Waals surface area contributed by atoms with Crippen LogP contribution in [0.15, 0.2) is 30.5 Å². The van der Waals surface area contributed by atoms with Crippen LogP contribution in [0.5, 0.6) is 0 Å². The molecular weight excluding hydrogens is 162 g/mol. The molecule has 0 saturated heterocycles. The SMILES string of the molecule is Cc1cc2cc(C=O)ccc2cn1. The van der Waals surface area contributed by atoms with Crippen molar-refractivity contribution in [2.75, 3.05) is 0 Å². The van der Waals surface area contributed by atoms with Gasteiger partial charge in [0.1, 0.15) is 6.29 Å². The van der Waals surface area contributed by atoms with Crippen molar-refractivity contribution in [3.63, 3.8) is 0 Å². The van der Waals surface area contributed by atoms with Gasteiger partial charge in [-0.05, 0) is 24.4 Å². The van der Waals surface area contributed by atoms with Crippen LogP contribution in [0.3, 0.4) is 0 Å². The van der Waals surface area contributed by atoms with Crippen LogP contribution in [0, 0.1) is 6.92 Å². The monoisotopic (exact) mass is 171 g/mol. The summed E-state index contributed by atoms with van der Waals surface area (Å²) >= 11 is 0. The molecule has 0 aliphatic heterocycles. The third kappa shape index (κ3) is 1.43. The van der Waals surface area contributed by atoms with Crippen molar-refractivity contribution in [3.05, 3.63) is 41.7 Å².